The maximum atomic E-state index is 12.9. The van der Waals surface area contributed by atoms with Crippen LogP contribution in [0, 0.1) is 0 Å². The van der Waals surface area contributed by atoms with Crippen LogP contribution in [-0.2, 0) is 21.3 Å². The van der Waals surface area contributed by atoms with Crippen LogP contribution in [0.3, 0.4) is 0 Å². The van der Waals surface area contributed by atoms with E-state index in [1.54, 1.807) is 6.07 Å². The lowest BCUT2D eigenvalue weighted by Crippen LogP contribution is -2.14. The number of para-hydroxylation sites is 1. The minimum absolute atomic E-state index is 0.0106. The Hall–Kier alpha value is -3.03. The molecule has 6 nitrogen and oxygen atoms in total. The fourth-order valence-corrected chi connectivity index (χ4v) is 4.88. The van der Waals surface area contributed by atoms with Crippen molar-refractivity contribution in [2.24, 2.45) is 0 Å². The number of fused-ring (bicyclic) bond motifs is 3. The molecule has 1 N–H and O–H groups in total. The number of carbonyl (C=O) groups is 1. The van der Waals surface area contributed by atoms with Crippen LogP contribution >= 0.6 is 11.6 Å². The van der Waals surface area contributed by atoms with Gasteiger partial charge in [-0.05, 0) is 49.4 Å². The molecule has 0 radical (unpaired) electrons. The summed E-state index contributed by atoms with van der Waals surface area (Å²) in [6.45, 7) is 2.87. The van der Waals surface area contributed by atoms with E-state index in [9.17, 15) is 13.2 Å². The van der Waals surface area contributed by atoms with E-state index in [-0.39, 0.29) is 15.5 Å². The highest BCUT2D eigenvalue weighted by Crippen LogP contribution is 2.32. The Morgan fingerprint density at radius 3 is 2.50 bits per heavy atom. The number of rotatable bonds is 5. The lowest BCUT2D eigenvalue weighted by atomic mass is 10.1. The first-order valence-corrected chi connectivity index (χ1v) is 11.1. The number of halogens is 1. The van der Waals surface area contributed by atoms with E-state index < -0.39 is 16.0 Å². The van der Waals surface area contributed by atoms with Crippen molar-refractivity contribution in [3.8, 4) is 0 Å². The molecule has 0 fully saturated rings. The van der Waals surface area contributed by atoms with Crippen molar-refractivity contribution >= 4 is 55.1 Å². The maximum absolute atomic E-state index is 12.9. The molecule has 0 amide bonds. The lowest BCUT2D eigenvalue weighted by molar-refractivity contribution is 0.0600. The Labute approximate surface area is 179 Å². The zero-order chi connectivity index (χ0) is 21.5. The van der Waals surface area contributed by atoms with Crippen molar-refractivity contribution in [2.75, 3.05) is 11.8 Å². The minimum Gasteiger partial charge on any atom is -0.465 e. The molecule has 0 aliphatic carbocycles. The number of hydrogen-bond acceptors (Lipinski definition) is 4. The lowest BCUT2D eigenvalue weighted by Gasteiger charge is -2.10. The van der Waals surface area contributed by atoms with Crippen LogP contribution in [0.1, 0.15) is 17.3 Å². The third-order valence-electron chi connectivity index (χ3n) is 4.99. The number of aromatic nitrogens is 1. The van der Waals surface area contributed by atoms with Crippen molar-refractivity contribution in [3.63, 3.8) is 0 Å². The van der Waals surface area contributed by atoms with Crippen molar-refractivity contribution in [3.05, 3.63) is 71.2 Å². The van der Waals surface area contributed by atoms with E-state index >= 15 is 0 Å². The number of esters is 1. The second kappa shape index (κ2) is 7.66. The summed E-state index contributed by atoms with van der Waals surface area (Å²) in [6.07, 6.45) is 0. The van der Waals surface area contributed by atoms with Gasteiger partial charge in [0.2, 0.25) is 0 Å². The van der Waals surface area contributed by atoms with Gasteiger partial charge in [-0.3, -0.25) is 4.72 Å². The number of anilines is 1. The summed E-state index contributed by atoms with van der Waals surface area (Å²) in [5, 5.41) is 2.13. The van der Waals surface area contributed by atoms with Crippen LogP contribution in [0.25, 0.3) is 21.8 Å². The molecule has 0 atom stereocenters. The average Bonchev–Trinajstić information content (AvgIpc) is 3.06. The predicted octanol–water partition coefficient (Wildman–Crippen LogP) is 5.06. The molecule has 0 saturated carbocycles. The number of nitrogens with zero attached hydrogens (tertiary/aromatic N) is 1. The standard InChI is InChI=1S/C22H19ClN2O4S/c1-3-25-20-7-5-4-6-16(20)17-12-14(8-11-21(17)25)24-30(27,28)15-9-10-19(23)18(13-15)22(26)29-2/h4-13,24H,3H2,1-2H3. The maximum Gasteiger partial charge on any atom is 0.339 e. The fourth-order valence-electron chi connectivity index (χ4n) is 3.61. The van der Waals surface area contributed by atoms with Crippen LogP contribution in [0.4, 0.5) is 5.69 Å². The van der Waals surface area contributed by atoms with Gasteiger partial charge in [-0.15, -0.1) is 0 Å². The molecular weight excluding hydrogens is 424 g/mol. The first-order valence-electron chi connectivity index (χ1n) is 9.27. The first-order chi connectivity index (χ1) is 14.4. The van der Waals surface area contributed by atoms with Crippen molar-refractivity contribution in [2.45, 2.75) is 18.4 Å². The summed E-state index contributed by atoms with van der Waals surface area (Å²) in [5.74, 6) is -0.703. The summed E-state index contributed by atoms with van der Waals surface area (Å²) in [4.78, 5) is 11.8. The van der Waals surface area contributed by atoms with Crippen LogP contribution in [0.15, 0.2) is 65.6 Å². The molecule has 4 aromatic rings. The van der Waals surface area contributed by atoms with E-state index in [1.807, 2.05) is 36.4 Å². The molecule has 154 valence electrons. The van der Waals surface area contributed by atoms with Crippen LogP contribution in [-0.4, -0.2) is 26.1 Å². The van der Waals surface area contributed by atoms with Crippen LogP contribution in [0.5, 0.6) is 0 Å². The highest BCUT2D eigenvalue weighted by molar-refractivity contribution is 7.92. The number of hydrogen-bond donors (Lipinski definition) is 1. The third-order valence-corrected chi connectivity index (χ3v) is 6.70. The Kier molecular flexibility index (Phi) is 5.17. The number of nitrogens with one attached hydrogen (secondary N) is 1. The third kappa shape index (κ3) is 3.40. The number of benzene rings is 3. The molecule has 0 bridgehead atoms. The molecule has 4 rings (SSSR count). The van der Waals surface area contributed by atoms with Gasteiger partial charge in [0.15, 0.2) is 0 Å². The van der Waals surface area contributed by atoms with E-state index in [2.05, 4.69) is 20.9 Å². The number of ether oxygens (including phenoxy) is 1. The van der Waals surface area contributed by atoms with Gasteiger partial charge in [-0.1, -0.05) is 29.8 Å². The first kappa shape index (κ1) is 20.3. The molecule has 0 unspecified atom stereocenters. The van der Waals surface area contributed by atoms with Crippen molar-refractivity contribution < 1.29 is 17.9 Å². The van der Waals surface area contributed by atoms with E-state index in [0.717, 1.165) is 28.4 Å². The highest BCUT2D eigenvalue weighted by atomic mass is 35.5. The smallest absolute Gasteiger partial charge is 0.339 e. The second-order valence-electron chi connectivity index (χ2n) is 6.73. The molecule has 0 saturated heterocycles. The summed E-state index contributed by atoms with van der Waals surface area (Å²) in [7, 11) is -2.73. The molecule has 0 aliphatic heterocycles. The van der Waals surface area contributed by atoms with Gasteiger partial charge in [-0.2, -0.15) is 0 Å². The van der Waals surface area contributed by atoms with Crippen molar-refractivity contribution in [1.82, 2.24) is 4.57 Å². The van der Waals surface area contributed by atoms with Gasteiger partial charge >= 0.3 is 5.97 Å². The highest BCUT2D eigenvalue weighted by Gasteiger charge is 2.20. The Bertz CT molecular complexity index is 1390. The molecule has 0 spiro atoms. The SMILES string of the molecule is CCn1c2ccccc2c2cc(NS(=O)(=O)c3ccc(Cl)c(C(=O)OC)c3)ccc21. The minimum atomic E-state index is -3.94. The molecule has 3 aromatic carbocycles. The Morgan fingerprint density at radius 2 is 1.77 bits per heavy atom. The van der Waals surface area contributed by atoms with Gasteiger partial charge in [-0.25, -0.2) is 13.2 Å². The zero-order valence-corrected chi connectivity index (χ0v) is 17.9. The van der Waals surface area contributed by atoms with E-state index in [0.29, 0.717) is 5.69 Å². The van der Waals surface area contributed by atoms with Gasteiger partial charge in [0.25, 0.3) is 10.0 Å². The quantitative estimate of drug-likeness (QED) is 0.438. The summed E-state index contributed by atoms with van der Waals surface area (Å²) in [5.41, 5.74) is 2.54. The Balaban J connectivity index is 1.77. The van der Waals surface area contributed by atoms with Gasteiger partial charge in [0.05, 0.1) is 22.6 Å². The molecular formula is C22H19ClN2O4S. The van der Waals surface area contributed by atoms with Gasteiger partial charge in [0.1, 0.15) is 0 Å². The largest absolute Gasteiger partial charge is 0.465 e. The average molecular weight is 443 g/mol. The number of methoxy groups -OCH3 is 1. The summed E-state index contributed by atoms with van der Waals surface area (Å²) >= 11 is 6.00. The van der Waals surface area contributed by atoms with E-state index in [1.165, 1.54) is 25.3 Å². The predicted molar refractivity (Wildman–Crippen MR) is 119 cm³/mol. The molecule has 30 heavy (non-hydrogen) atoms. The molecule has 8 heteroatoms. The van der Waals surface area contributed by atoms with Crippen LogP contribution in [0.2, 0.25) is 5.02 Å². The van der Waals surface area contributed by atoms with Crippen LogP contribution < -0.4 is 4.72 Å². The number of aryl methyl sites for hydroxylation is 1. The summed E-state index contributed by atoms with van der Waals surface area (Å²) in [6, 6.07) is 17.4. The Morgan fingerprint density at radius 1 is 1.03 bits per heavy atom. The van der Waals surface area contributed by atoms with Crippen molar-refractivity contribution in [1.29, 1.82) is 0 Å². The number of sulfonamides is 1. The second-order valence-corrected chi connectivity index (χ2v) is 8.82. The van der Waals surface area contributed by atoms with Gasteiger partial charge in [0, 0.05) is 34.0 Å². The normalized spacial score (nSPS) is 11.7. The van der Waals surface area contributed by atoms with Gasteiger partial charge < -0.3 is 9.30 Å². The number of carbonyl (C=O) groups excluding carboxylic acids is 1. The zero-order valence-electron chi connectivity index (χ0n) is 16.3. The van der Waals surface area contributed by atoms with E-state index in [4.69, 9.17) is 11.6 Å². The monoisotopic (exact) mass is 442 g/mol. The fraction of sp³-hybridized carbons (Fsp3) is 0.136. The topological polar surface area (TPSA) is 77.4 Å². The molecule has 0 aliphatic rings. The molecule has 1 heterocycles. The molecule has 1 aromatic heterocycles. The summed E-state index contributed by atoms with van der Waals surface area (Å²) < 4.78 is 35.3.